The second kappa shape index (κ2) is 8.27. The van der Waals surface area contributed by atoms with Gasteiger partial charge in [0.05, 0.1) is 21.4 Å². The highest BCUT2D eigenvalue weighted by atomic mass is 32.2. The predicted octanol–water partition coefficient (Wildman–Crippen LogP) is 5.58. The van der Waals surface area contributed by atoms with Crippen LogP contribution in [0.25, 0.3) is 11.3 Å². The van der Waals surface area contributed by atoms with Crippen LogP contribution in [0.2, 0.25) is 0 Å². The van der Waals surface area contributed by atoms with E-state index in [4.69, 9.17) is 4.98 Å². The first-order valence-corrected chi connectivity index (χ1v) is 12.3. The average molecular weight is 467 g/mol. The van der Waals surface area contributed by atoms with E-state index in [1.54, 1.807) is 0 Å². The molecule has 1 fully saturated rings. The van der Waals surface area contributed by atoms with Crippen LogP contribution in [0.3, 0.4) is 0 Å². The normalized spacial score (nSPS) is 15.9. The number of rotatable bonds is 4. The number of alkyl halides is 3. The number of nitrogens with zero attached hydrogens (tertiary/aromatic N) is 2. The lowest BCUT2D eigenvalue weighted by molar-refractivity contribution is -0.137. The van der Waals surface area contributed by atoms with Crippen molar-refractivity contribution in [1.29, 1.82) is 0 Å². The summed E-state index contributed by atoms with van der Waals surface area (Å²) in [5, 5.41) is 2.11. The van der Waals surface area contributed by atoms with Crippen LogP contribution in [-0.2, 0) is 16.0 Å². The summed E-state index contributed by atoms with van der Waals surface area (Å²) in [6.45, 7) is 3.01. The lowest BCUT2D eigenvalue weighted by Crippen LogP contribution is -2.39. The van der Waals surface area contributed by atoms with Gasteiger partial charge in [0, 0.05) is 24.0 Å². The summed E-state index contributed by atoms with van der Waals surface area (Å²) < 4.78 is 64.8. The van der Waals surface area contributed by atoms with Gasteiger partial charge in [0.2, 0.25) is 0 Å². The Morgan fingerprint density at radius 2 is 1.77 bits per heavy atom. The topological polar surface area (TPSA) is 50.3 Å². The van der Waals surface area contributed by atoms with E-state index in [1.807, 2.05) is 41.5 Å². The predicted molar refractivity (Wildman–Crippen MR) is 116 cm³/mol. The number of piperidine rings is 1. The smallest absolute Gasteiger partial charge is 0.348 e. The molecule has 1 aromatic heterocycles. The molecule has 2 aromatic carbocycles. The molecule has 0 radical (unpaired) electrons. The van der Waals surface area contributed by atoms with Crippen molar-refractivity contribution in [2.24, 2.45) is 0 Å². The Morgan fingerprint density at radius 1 is 1.06 bits per heavy atom. The van der Waals surface area contributed by atoms with Crippen LogP contribution in [0.15, 0.2) is 58.8 Å². The number of aryl methyl sites for hydroxylation is 1. The zero-order valence-electron chi connectivity index (χ0n) is 16.8. The summed E-state index contributed by atoms with van der Waals surface area (Å²) in [4.78, 5) is 6.50. The standard InChI is InChI=1S/C22H21F3N2O2S2/c1-15-5-2-3-8-19(15)20-14-30-21(26-20)27-11-9-17(10-12-27)31(28,29)18-7-4-6-16(13-18)22(23,24)25/h2-8,13-14,17H,9-12H2,1H3. The molecule has 0 saturated carbocycles. The van der Waals surface area contributed by atoms with E-state index < -0.39 is 26.8 Å². The molecule has 31 heavy (non-hydrogen) atoms. The van der Waals surface area contributed by atoms with Crippen LogP contribution < -0.4 is 4.90 Å². The summed E-state index contributed by atoms with van der Waals surface area (Å²) in [6.07, 6.45) is -3.88. The third-order valence-corrected chi connectivity index (χ3v) is 8.72. The van der Waals surface area contributed by atoms with Gasteiger partial charge in [0.25, 0.3) is 0 Å². The molecule has 0 bridgehead atoms. The molecule has 0 atom stereocenters. The highest BCUT2D eigenvalue weighted by Gasteiger charge is 2.35. The molecular formula is C22H21F3N2O2S2. The minimum absolute atomic E-state index is 0.267. The minimum atomic E-state index is -4.57. The van der Waals surface area contributed by atoms with E-state index in [0.29, 0.717) is 25.9 Å². The number of aromatic nitrogens is 1. The lowest BCUT2D eigenvalue weighted by Gasteiger charge is -2.31. The first kappa shape index (κ1) is 21.8. The van der Waals surface area contributed by atoms with Crippen molar-refractivity contribution in [3.05, 3.63) is 65.0 Å². The van der Waals surface area contributed by atoms with Gasteiger partial charge in [-0.15, -0.1) is 11.3 Å². The first-order chi connectivity index (χ1) is 14.7. The second-order valence-electron chi connectivity index (χ2n) is 7.59. The summed E-state index contributed by atoms with van der Waals surface area (Å²) in [5.41, 5.74) is 2.13. The molecule has 0 spiro atoms. The molecule has 9 heteroatoms. The van der Waals surface area contributed by atoms with Crippen molar-refractivity contribution in [2.45, 2.75) is 36.1 Å². The summed E-state index contributed by atoms with van der Waals surface area (Å²) in [7, 11) is -3.84. The summed E-state index contributed by atoms with van der Waals surface area (Å²) in [5.74, 6) is 0. The number of hydrogen-bond donors (Lipinski definition) is 0. The Labute approximate surface area is 183 Å². The molecule has 1 saturated heterocycles. The Balaban J connectivity index is 1.47. The van der Waals surface area contributed by atoms with Crippen molar-refractivity contribution in [2.75, 3.05) is 18.0 Å². The SMILES string of the molecule is Cc1ccccc1-c1csc(N2CCC(S(=O)(=O)c3cccc(C(F)(F)F)c3)CC2)n1. The highest BCUT2D eigenvalue weighted by molar-refractivity contribution is 7.92. The first-order valence-electron chi connectivity index (χ1n) is 9.84. The fourth-order valence-corrected chi connectivity index (χ4v) is 6.45. The Morgan fingerprint density at radius 3 is 2.45 bits per heavy atom. The molecule has 4 nitrogen and oxygen atoms in total. The zero-order chi connectivity index (χ0) is 22.2. The third kappa shape index (κ3) is 4.48. The molecule has 0 amide bonds. The summed E-state index contributed by atoms with van der Waals surface area (Å²) in [6, 6.07) is 12.0. The van der Waals surface area contributed by atoms with Crippen LogP contribution in [0.4, 0.5) is 18.3 Å². The van der Waals surface area contributed by atoms with Gasteiger partial charge in [0.15, 0.2) is 15.0 Å². The number of anilines is 1. The van der Waals surface area contributed by atoms with Gasteiger partial charge in [-0.3, -0.25) is 0 Å². The molecule has 1 aliphatic rings. The molecule has 2 heterocycles. The molecule has 4 rings (SSSR count). The van der Waals surface area contributed by atoms with E-state index in [2.05, 4.69) is 0 Å². The number of thiazole rings is 1. The van der Waals surface area contributed by atoms with Crippen LogP contribution in [-0.4, -0.2) is 31.7 Å². The van der Waals surface area contributed by atoms with Gasteiger partial charge in [-0.2, -0.15) is 13.2 Å². The van der Waals surface area contributed by atoms with E-state index in [1.165, 1.54) is 17.4 Å². The van der Waals surface area contributed by atoms with Crippen LogP contribution in [0.1, 0.15) is 24.0 Å². The van der Waals surface area contributed by atoms with Gasteiger partial charge >= 0.3 is 6.18 Å². The van der Waals surface area contributed by atoms with E-state index >= 15 is 0 Å². The lowest BCUT2D eigenvalue weighted by atomic mass is 10.1. The van der Waals surface area contributed by atoms with Gasteiger partial charge in [-0.05, 0) is 43.5 Å². The summed E-state index contributed by atoms with van der Waals surface area (Å²) >= 11 is 1.51. The Kier molecular flexibility index (Phi) is 5.83. The van der Waals surface area contributed by atoms with Crippen LogP contribution in [0, 0.1) is 6.92 Å². The van der Waals surface area contributed by atoms with Crippen LogP contribution in [0.5, 0.6) is 0 Å². The maximum atomic E-state index is 13.0. The van der Waals surface area contributed by atoms with Crippen LogP contribution >= 0.6 is 11.3 Å². The molecule has 0 unspecified atom stereocenters. The second-order valence-corrected chi connectivity index (χ2v) is 10.7. The van der Waals surface area contributed by atoms with Crippen molar-refractivity contribution in [1.82, 2.24) is 4.98 Å². The molecule has 164 valence electrons. The van der Waals surface area contributed by atoms with Crippen molar-refractivity contribution in [3.63, 3.8) is 0 Å². The third-order valence-electron chi connectivity index (χ3n) is 5.55. The largest absolute Gasteiger partial charge is 0.416 e. The fraction of sp³-hybridized carbons (Fsp3) is 0.318. The number of halogens is 3. The van der Waals surface area contributed by atoms with E-state index in [0.717, 1.165) is 40.2 Å². The molecule has 0 N–H and O–H groups in total. The fourth-order valence-electron chi connectivity index (χ4n) is 3.79. The van der Waals surface area contributed by atoms with Gasteiger partial charge < -0.3 is 4.90 Å². The quantitative estimate of drug-likeness (QED) is 0.504. The maximum Gasteiger partial charge on any atom is 0.416 e. The maximum absolute atomic E-state index is 13.0. The molecular weight excluding hydrogens is 445 g/mol. The van der Waals surface area contributed by atoms with Crippen molar-refractivity contribution in [3.8, 4) is 11.3 Å². The van der Waals surface area contributed by atoms with E-state index in [-0.39, 0.29) is 4.90 Å². The molecule has 1 aliphatic heterocycles. The monoisotopic (exact) mass is 466 g/mol. The molecule has 0 aliphatic carbocycles. The van der Waals surface area contributed by atoms with Gasteiger partial charge in [-0.25, -0.2) is 13.4 Å². The van der Waals surface area contributed by atoms with Crippen molar-refractivity contribution < 1.29 is 21.6 Å². The number of sulfone groups is 1. The van der Waals surface area contributed by atoms with E-state index in [9.17, 15) is 21.6 Å². The number of hydrogen-bond acceptors (Lipinski definition) is 5. The minimum Gasteiger partial charge on any atom is -0.348 e. The molecule has 3 aromatic rings. The number of benzene rings is 2. The van der Waals surface area contributed by atoms with Crippen molar-refractivity contribution >= 4 is 26.3 Å². The van der Waals surface area contributed by atoms with Gasteiger partial charge in [0.1, 0.15) is 0 Å². The Bertz CT molecular complexity index is 1180. The van der Waals surface area contributed by atoms with Gasteiger partial charge in [-0.1, -0.05) is 30.3 Å². The average Bonchev–Trinajstić information content (AvgIpc) is 3.24. The zero-order valence-corrected chi connectivity index (χ0v) is 18.4. The highest BCUT2D eigenvalue weighted by Crippen LogP contribution is 2.34. The Hall–Kier alpha value is -2.39.